The Hall–Kier alpha value is -1.03. The monoisotopic (exact) mass is 159 g/mol. The first-order valence-corrected chi connectivity index (χ1v) is 3.00. The topological polar surface area (TPSA) is 22.1 Å². The number of halogens is 2. The quantitative estimate of drug-likeness (QED) is 0.656. The van der Waals surface area contributed by atoms with E-state index in [9.17, 15) is 8.78 Å². The highest BCUT2D eigenvalue weighted by molar-refractivity contribution is 5.12. The predicted octanol–water partition coefficient (Wildman–Crippen LogP) is 1.78. The van der Waals surface area contributed by atoms with Gasteiger partial charge < -0.3 is 4.74 Å². The normalized spacial score (nSPS) is 11.5. The first-order valence-electron chi connectivity index (χ1n) is 3.00. The van der Waals surface area contributed by atoms with Gasteiger partial charge in [-0.1, -0.05) is 0 Å². The lowest BCUT2D eigenvalue weighted by molar-refractivity contribution is -0.231. The van der Waals surface area contributed by atoms with Crippen LogP contribution in [0.1, 0.15) is 5.56 Å². The van der Waals surface area contributed by atoms with Crippen molar-refractivity contribution in [2.45, 2.75) is 6.11 Å². The van der Waals surface area contributed by atoms with E-state index in [1.807, 2.05) is 0 Å². The van der Waals surface area contributed by atoms with Crippen molar-refractivity contribution in [2.24, 2.45) is 0 Å². The standard InChI is InChI=1S/C7H7F2NO/c1-11-7(8,9)6-3-2-4-10-5-6/h2-5H,1H3. The summed E-state index contributed by atoms with van der Waals surface area (Å²) in [5.74, 6) is 0. The van der Waals surface area contributed by atoms with Crippen LogP contribution in [0.3, 0.4) is 0 Å². The van der Waals surface area contributed by atoms with Crippen molar-refractivity contribution >= 4 is 0 Å². The summed E-state index contributed by atoms with van der Waals surface area (Å²) in [4.78, 5) is 3.54. The maximum Gasteiger partial charge on any atom is 0.384 e. The zero-order chi connectivity index (χ0) is 8.32. The Morgan fingerprint density at radius 1 is 1.55 bits per heavy atom. The number of nitrogens with zero attached hydrogens (tertiary/aromatic N) is 1. The second kappa shape index (κ2) is 2.92. The molecule has 1 heterocycles. The van der Waals surface area contributed by atoms with E-state index in [1.165, 1.54) is 18.3 Å². The van der Waals surface area contributed by atoms with E-state index in [1.54, 1.807) is 0 Å². The number of pyridine rings is 1. The lowest BCUT2D eigenvalue weighted by Gasteiger charge is -2.12. The lowest BCUT2D eigenvalue weighted by atomic mass is 10.3. The van der Waals surface area contributed by atoms with Gasteiger partial charge in [0.15, 0.2) is 0 Å². The SMILES string of the molecule is COC(F)(F)c1cccnc1. The third kappa shape index (κ3) is 1.71. The summed E-state index contributed by atoms with van der Waals surface area (Å²) in [6.45, 7) is 0. The second-order valence-corrected chi connectivity index (χ2v) is 1.96. The average molecular weight is 159 g/mol. The molecule has 0 aliphatic carbocycles. The lowest BCUT2D eigenvalue weighted by Crippen LogP contribution is -2.15. The van der Waals surface area contributed by atoms with Crippen LogP contribution in [0.4, 0.5) is 8.78 Å². The molecule has 0 aliphatic heterocycles. The molecule has 0 N–H and O–H groups in total. The van der Waals surface area contributed by atoms with Crippen molar-refractivity contribution in [1.29, 1.82) is 0 Å². The summed E-state index contributed by atoms with van der Waals surface area (Å²) in [5.41, 5.74) is -0.234. The van der Waals surface area contributed by atoms with Crippen molar-refractivity contribution in [3.63, 3.8) is 0 Å². The van der Waals surface area contributed by atoms with Crippen LogP contribution < -0.4 is 0 Å². The molecular formula is C7H7F2NO. The summed E-state index contributed by atoms with van der Waals surface area (Å²) in [6, 6.07) is 2.69. The van der Waals surface area contributed by atoms with Gasteiger partial charge in [-0.3, -0.25) is 4.98 Å². The molecule has 0 atom stereocenters. The Balaban J connectivity index is 2.93. The molecule has 2 nitrogen and oxygen atoms in total. The number of hydrogen-bond donors (Lipinski definition) is 0. The van der Waals surface area contributed by atoms with Gasteiger partial charge in [0.1, 0.15) is 0 Å². The Morgan fingerprint density at radius 2 is 2.27 bits per heavy atom. The maximum atomic E-state index is 12.6. The molecule has 0 saturated carbocycles. The molecule has 11 heavy (non-hydrogen) atoms. The fourth-order valence-corrected chi connectivity index (χ4v) is 0.653. The molecule has 4 heteroatoms. The molecule has 0 spiro atoms. The Bertz CT molecular complexity index is 225. The van der Waals surface area contributed by atoms with Crippen LogP contribution in [0.5, 0.6) is 0 Å². The molecule has 60 valence electrons. The zero-order valence-electron chi connectivity index (χ0n) is 5.92. The van der Waals surface area contributed by atoms with Gasteiger partial charge in [0.25, 0.3) is 0 Å². The largest absolute Gasteiger partial charge is 0.384 e. The molecule has 0 saturated heterocycles. The molecule has 0 aromatic carbocycles. The van der Waals surface area contributed by atoms with E-state index in [-0.39, 0.29) is 5.56 Å². The van der Waals surface area contributed by atoms with Crippen molar-refractivity contribution in [2.75, 3.05) is 7.11 Å². The van der Waals surface area contributed by atoms with E-state index in [0.717, 1.165) is 13.3 Å². The zero-order valence-corrected chi connectivity index (χ0v) is 5.92. The second-order valence-electron chi connectivity index (χ2n) is 1.96. The van der Waals surface area contributed by atoms with Crippen molar-refractivity contribution < 1.29 is 13.5 Å². The van der Waals surface area contributed by atoms with E-state index < -0.39 is 6.11 Å². The van der Waals surface area contributed by atoms with E-state index in [0.29, 0.717) is 0 Å². The van der Waals surface area contributed by atoms with Crippen molar-refractivity contribution in [3.05, 3.63) is 30.1 Å². The highest BCUT2D eigenvalue weighted by Crippen LogP contribution is 2.26. The van der Waals surface area contributed by atoms with Crippen molar-refractivity contribution in [1.82, 2.24) is 4.98 Å². The fraction of sp³-hybridized carbons (Fsp3) is 0.286. The molecule has 0 radical (unpaired) electrons. The Kier molecular flexibility index (Phi) is 2.14. The Labute approximate surface area is 62.8 Å². The average Bonchev–Trinajstić information content (AvgIpc) is 2.06. The summed E-state index contributed by atoms with van der Waals surface area (Å²) in [5, 5.41) is 0. The van der Waals surface area contributed by atoms with E-state index in [2.05, 4.69) is 9.72 Å². The first kappa shape index (κ1) is 8.07. The van der Waals surface area contributed by atoms with Crippen LogP contribution in [-0.4, -0.2) is 12.1 Å². The molecule has 0 aliphatic rings. The van der Waals surface area contributed by atoms with Gasteiger partial charge in [-0.15, -0.1) is 0 Å². The molecule has 1 aromatic heterocycles. The summed E-state index contributed by atoms with van der Waals surface area (Å²) in [6.07, 6.45) is -0.729. The third-order valence-electron chi connectivity index (χ3n) is 1.25. The minimum Gasteiger partial charge on any atom is -0.320 e. The number of methoxy groups -OCH3 is 1. The number of ether oxygens (including phenoxy) is 1. The highest BCUT2D eigenvalue weighted by atomic mass is 19.3. The number of alkyl halides is 2. The van der Waals surface area contributed by atoms with E-state index in [4.69, 9.17) is 0 Å². The van der Waals surface area contributed by atoms with Crippen LogP contribution in [0.25, 0.3) is 0 Å². The van der Waals surface area contributed by atoms with Crippen LogP contribution >= 0.6 is 0 Å². The summed E-state index contributed by atoms with van der Waals surface area (Å²) in [7, 11) is 0.951. The number of rotatable bonds is 2. The predicted molar refractivity (Wildman–Crippen MR) is 35.1 cm³/mol. The molecule has 0 bridgehead atoms. The summed E-state index contributed by atoms with van der Waals surface area (Å²) >= 11 is 0. The third-order valence-corrected chi connectivity index (χ3v) is 1.25. The number of aromatic nitrogens is 1. The first-order chi connectivity index (χ1) is 5.17. The van der Waals surface area contributed by atoms with Gasteiger partial charge in [-0.2, -0.15) is 8.78 Å². The van der Waals surface area contributed by atoms with Gasteiger partial charge in [0.05, 0.1) is 5.56 Å². The molecule has 0 unspecified atom stereocenters. The van der Waals surface area contributed by atoms with Gasteiger partial charge in [0.2, 0.25) is 0 Å². The maximum absolute atomic E-state index is 12.6. The fourth-order valence-electron chi connectivity index (χ4n) is 0.653. The van der Waals surface area contributed by atoms with Gasteiger partial charge in [-0.05, 0) is 12.1 Å². The van der Waals surface area contributed by atoms with Gasteiger partial charge >= 0.3 is 6.11 Å². The van der Waals surface area contributed by atoms with Gasteiger partial charge in [-0.25, -0.2) is 0 Å². The molecular weight excluding hydrogens is 152 g/mol. The molecule has 1 rings (SSSR count). The minimum absolute atomic E-state index is 0.234. The highest BCUT2D eigenvalue weighted by Gasteiger charge is 2.30. The smallest absolute Gasteiger partial charge is 0.320 e. The Morgan fingerprint density at radius 3 is 2.73 bits per heavy atom. The minimum atomic E-state index is -3.23. The number of hydrogen-bond acceptors (Lipinski definition) is 2. The molecule has 0 fully saturated rings. The van der Waals surface area contributed by atoms with Crippen LogP contribution in [0, 0.1) is 0 Å². The molecule has 0 amide bonds. The summed E-state index contributed by atoms with van der Waals surface area (Å²) < 4.78 is 29.2. The van der Waals surface area contributed by atoms with Crippen LogP contribution in [0.2, 0.25) is 0 Å². The van der Waals surface area contributed by atoms with Crippen molar-refractivity contribution in [3.8, 4) is 0 Å². The van der Waals surface area contributed by atoms with E-state index >= 15 is 0 Å². The van der Waals surface area contributed by atoms with Crippen LogP contribution in [0.15, 0.2) is 24.5 Å². The van der Waals surface area contributed by atoms with Gasteiger partial charge in [0, 0.05) is 19.5 Å². The molecule has 1 aromatic rings. The van der Waals surface area contributed by atoms with Crippen LogP contribution in [-0.2, 0) is 10.8 Å².